The van der Waals surface area contributed by atoms with Gasteiger partial charge in [0.2, 0.25) is 0 Å². The first-order valence-electron chi connectivity index (χ1n) is 9.00. The molecule has 0 aliphatic heterocycles. The Labute approximate surface area is 180 Å². The Hall–Kier alpha value is -3.11. The van der Waals surface area contributed by atoms with Crippen LogP contribution < -0.4 is 5.32 Å². The van der Waals surface area contributed by atoms with Gasteiger partial charge in [-0.05, 0) is 66.7 Å². The van der Waals surface area contributed by atoms with Gasteiger partial charge in [0.25, 0.3) is 5.91 Å². The van der Waals surface area contributed by atoms with E-state index in [9.17, 15) is 9.18 Å². The van der Waals surface area contributed by atoms with Crippen molar-refractivity contribution in [1.29, 1.82) is 0 Å². The molecule has 0 unspecified atom stereocenters. The third kappa shape index (κ3) is 4.55. The highest BCUT2D eigenvalue weighted by atomic mass is 32.2. The number of rotatable bonds is 6. The van der Waals surface area contributed by atoms with Crippen LogP contribution >= 0.6 is 23.1 Å². The normalized spacial score (nSPS) is 10.9. The first-order valence-corrected chi connectivity index (χ1v) is 10.9. The Morgan fingerprint density at radius 3 is 2.67 bits per heavy atom. The quantitative estimate of drug-likeness (QED) is 0.447. The predicted molar refractivity (Wildman–Crippen MR) is 115 cm³/mol. The second-order valence-electron chi connectivity index (χ2n) is 6.43. The van der Waals surface area contributed by atoms with E-state index in [0.29, 0.717) is 17.1 Å². The number of amides is 1. The van der Waals surface area contributed by atoms with E-state index in [1.54, 1.807) is 48.2 Å². The highest BCUT2D eigenvalue weighted by molar-refractivity contribution is 7.98. The van der Waals surface area contributed by atoms with E-state index >= 15 is 0 Å². The Balaban J connectivity index is 1.44. The van der Waals surface area contributed by atoms with Crippen molar-refractivity contribution in [3.05, 3.63) is 75.8 Å². The number of anilines is 1. The zero-order valence-electron chi connectivity index (χ0n) is 16.2. The second-order valence-corrected chi connectivity index (χ2v) is 8.54. The second kappa shape index (κ2) is 8.72. The fourth-order valence-corrected chi connectivity index (χ4v) is 4.25. The van der Waals surface area contributed by atoms with Crippen LogP contribution in [0.2, 0.25) is 0 Å². The molecule has 1 N–H and O–H groups in total. The molecular weight excluding hydrogens is 423 g/mol. The summed E-state index contributed by atoms with van der Waals surface area (Å²) < 4.78 is 15.7. The summed E-state index contributed by atoms with van der Waals surface area (Å²) in [6.45, 7) is 3.71. The molecule has 2 heterocycles. The van der Waals surface area contributed by atoms with Gasteiger partial charge >= 0.3 is 0 Å². The van der Waals surface area contributed by atoms with Crippen molar-refractivity contribution in [2.45, 2.75) is 24.5 Å². The molecule has 0 aliphatic rings. The van der Waals surface area contributed by atoms with E-state index in [4.69, 9.17) is 0 Å². The number of halogens is 1. The van der Waals surface area contributed by atoms with Gasteiger partial charge in [-0.15, -0.1) is 28.2 Å². The van der Waals surface area contributed by atoms with E-state index < -0.39 is 11.7 Å². The van der Waals surface area contributed by atoms with Gasteiger partial charge < -0.3 is 5.32 Å². The minimum Gasteiger partial charge on any atom is -0.319 e. The van der Waals surface area contributed by atoms with E-state index in [1.165, 1.54) is 16.8 Å². The monoisotopic (exact) mass is 440 g/mol. The van der Waals surface area contributed by atoms with Crippen molar-refractivity contribution < 1.29 is 9.18 Å². The number of carbonyl (C=O) groups excluding carboxylic acids is 1. The summed E-state index contributed by atoms with van der Waals surface area (Å²) in [5, 5.41) is 17.0. The standard InChI is InChI=1S/C20H17FN6OS2/c1-12-24-25-26-27(12)16-5-8-18(21)19(9-16)23-20(28)14-3-6-17(7-4-14)30-11-15-10-29-13(2)22-15/h3-10H,11H2,1-2H3,(H,23,28). The highest BCUT2D eigenvalue weighted by Crippen LogP contribution is 2.25. The molecule has 30 heavy (non-hydrogen) atoms. The van der Waals surface area contributed by atoms with Crippen LogP contribution in [0.3, 0.4) is 0 Å². The molecule has 2 aromatic carbocycles. The number of aromatic nitrogens is 5. The van der Waals surface area contributed by atoms with Gasteiger partial charge in [0, 0.05) is 21.6 Å². The first-order chi connectivity index (χ1) is 14.5. The van der Waals surface area contributed by atoms with Gasteiger partial charge in [-0.2, -0.15) is 4.68 Å². The lowest BCUT2D eigenvalue weighted by Gasteiger charge is -2.09. The van der Waals surface area contributed by atoms with Crippen LogP contribution in [0, 0.1) is 19.7 Å². The number of hydrogen-bond acceptors (Lipinski definition) is 7. The van der Waals surface area contributed by atoms with Crippen LogP contribution in [0.5, 0.6) is 0 Å². The molecule has 10 heteroatoms. The van der Waals surface area contributed by atoms with Crippen molar-refractivity contribution in [1.82, 2.24) is 25.2 Å². The fourth-order valence-electron chi connectivity index (χ4n) is 2.74. The molecule has 0 fully saturated rings. The maximum atomic E-state index is 14.2. The first kappa shape index (κ1) is 20.2. The van der Waals surface area contributed by atoms with Gasteiger partial charge in [0.05, 0.1) is 22.1 Å². The van der Waals surface area contributed by atoms with E-state index in [0.717, 1.165) is 21.3 Å². The van der Waals surface area contributed by atoms with Gasteiger partial charge in [0.15, 0.2) is 5.82 Å². The molecule has 0 aliphatic carbocycles. The fraction of sp³-hybridized carbons (Fsp3) is 0.150. The summed E-state index contributed by atoms with van der Waals surface area (Å²) in [5.74, 6) is 0.388. The molecule has 0 saturated carbocycles. The molecule has 0 saturated heterocycles. The van der Waals surface area contributed by atoms with Crippen LogP contribution in [0.25, 0.3) is 5.69 Å². The molecule has 0 radical (unpaired) electrons. The van der Waals surface area contributed by atoms with Gasteiger partial charge in [0.1, 0.15) is 5.82 Å². The third-order valence-corrected chi connectivity index (χ3v) is 6.11. The molecule has 4 aromatic rings. The third-order valence-electron chi connectivity index (χ3n) is 4.24. The maximum Gasteiger partial charge on any atom is 0.255 e. The van der Waals surface area contributed by atoms with Crippen LogP contribution in [0.4, 0.5) is 10.1 Å². The zero-order valence-corrected chi connectivity index (χ0v) is 17.8. The Morgan fingerprint density at radius 1 is 1.20 bits per heavy atom. The maximum absolute atomic E-state index is 14.2. The summed E-state index contributed by atoms with van der Waals surface area (Å²) in [7, 11) is 0. The van der Waals surface area contributed by atoms with Crippen LogP contribution in [0.15, 0.2) is 52.7 Å². The minimum atomic E-state index is -0.538. The number of carbonyl (C=O) groups is 1. The van der Waals surface area contributed by atoms with Crippen molar-refractivity contribution in [2.75, 3.05) is 5.32 Å². The Morgan fingerprint density at radius 2 is 2.00 bits per heavy atom. The summed E-state index contributed by atoms with van der Waals surface area (Å²) >= 11 is 3.27. The largest absolute Gasteiger partial charge is 0.319 e. The topological polar surface area (TPSA) is 85.6 Å². The predicted octanol–water partition coefficient (Wildman–Crippen LogP) is 4.42. The van der Waals surface area contributed by atoms with Gasteiger partial charge in [-0.3, -0.25) is 4.79 Å². The van der Waals surface area contributed by atoms with E-state index in [1.807, 2.05) is 24.4 Å². The van der Waals surface area contributed by atoms with Crippen LogP contribution in [-0.4, -0.2) is 31.1 Å². The van der Waals surface area contributed by atoms with E-state index in [2.05, 4.69) is 25.8 Å². The summed E-state index contributed by atoms with van der Waals surface area (Å²) in [4.78, 5) is 18.1. The molecule has 1 amide bonds. The molecule has 152 valence electrons. The number of thiazole rings is 1. The smallest absolute Gasteiger partial charge is 0.255 e. The number of nitrogens with zero attached hydrogens (tertiary/aromatic N) is 5. The Bertz CT molecular complexity index is 1190. The molecule has 4 rings (SSSR count). The van der Waals surface area contributed by atoms with E-state index in [-0.39, 0.29) is 5.69 Å². The van der Waals surface area contributed by atoms with Crippen molar-refractivity contribution in [2.24, 2.45) is 0 Å². The lowest BCUT2D eigenvalue weighted by molar-refractivity contribution is 0.102. The van der Waals surface area contributed by atoms with Gasteiger partial charge in [-0.25, -0.2) is 9.37 Å². The SMILES string of the molecule is Cc1nc(CSc2ccc(C(=O)Nc3cc(-n4nnnc4C)ccc3F)cc2)cs1. The molecular formula is C20H17FN6OS2. The molecule has 7 nitrogen and oxygen atoms in total. The summed E-state index contributed by atoms with van der Waals surface area (Å²) in [6, 6.07) is 11.5. The van der Waals surface area contributed by atoms with Crippen molar-refractivity contribution in [3.63, 3.8) is 0 Å². The number of thioether (sulfide) groups is 1. The summed E-state index contributed by atoms with van der Waals surface area (Å²) in [6.07, 6.45) is 0. The average Bonchev–Trinajstić information content (AvgIpc) is 3.36. The average molecular weight is 441 g/mol. The Kier molecular flexibility index (Phi) is 5.86. The number of hydrogen-bond donors (Lipinski definition) is 1. The van der Waals surface area contributed by atoms with Crippen molar-refractivity contribution in [3.8, 4) is 5.69 Å². The van der Waals surface area contributed by atoms with Crippen LogP contribution in [0.1, 0.15) is 26.9 Å². The molecule has 0 spiro atoms. The number of tetrazole rings is 1. The molecule has 0 atom stereocenters. The summed E-state index contributed by atoms with van der Waals surface area (Å²) in [5.41, 5.74) is 2.09. The lowest BCUT2D eigenvalue weighted by atomic mass is 10.2. The number of benzene rings is 2. The van der Waals surface area contributed by atoms with Crippen LogP contribution in [-0.2, 0) is 5.75 Å². The highest BCUT2D eigenvalue weighted by Gasteiger charge is 2.12. The lowest BCUT2D eigenvalue weighted by Crippen LogP contribution is -2.13. The molecule has 0 bridgehead atoms. The molecule has 2 aromatic heterocycles. The minimum absolute atomic E-state index is 0.0600. The number of aryl methyl sites for hydroxylation is 2. The zero-order chi connectivity index (χ0) is 21.1. The van der Waals surface area contributed by atoms with Crippen molar-refractivity contribution >= 4 is 34.7 Å². The van der Waals surface area contributed by atoms with Gasteiger partial charge in [-0.1, -0.05) is 0 Å². The number of nitrogens with one attached hydrogen (secondary N) is 1.